The van der Waals surface area contributed by atoms with Crippen molar-refractivity contribution in [1.29, 1.82) is 0 Å². The van der Waals surface area contributed by atoms with Gasteiger partial charge in [-0.2, -0.15) is 0 Å². The largest absolute Gasteiger partial charge is 0.380 e. The highest BCUT2D eigenvalue weighted by Crippen LogP contribution is 2.31. The number of hydrogen-bond donors (Lipinski definition) is 1. The summed E-state index contributed by atoms with van der Waals surface area (Å²) in [6, 6.07) is 0. The van der Waals surface area contributed by atoms with Crippen molar-refractivity contribution < 1.29 is 14.3 Å². The Bertz CT molecular complexity index is 376. The van der Waals surface area contributed by atoms with Crippen LogP contribution in [0.3, 0.4) is 0 Å². The van der Waals surface area contributed by atoms with E-state index in [0.717, 1.165) is 45.1 Å². The smallest absolute Gasteiger partial charge is 0.248 e. The van der Waals surface area contributed by atoms with Gasteiger partial charge in [0.25, 0.3) is 0 Å². The molecule has 1 saturated carbocycles. The van der Waals surface area contributed by atoms with Crippen molar-refractivity contribution in [2.75, 3.05) is 26.3 Å². The fourth-order valence-electron chi connectivity index (χ4n) is 3.18. The van der Waals surface area contributed by atoms with Crippen LogP contribution < -0.4 is 5.32 Å². The summed E-state index contributed by atoms with van der Waals surface area (Å²) in [5, 5.41) is 2.96. The fourth-order valence-corrected chi connectivity index (χ4v) is 3.18. The molecule has 1 spiro atoms. The van der Waals surface area contributed by atoms with Crippen molar-refractivity contribution in [2.24, 2.45) is 5.92 Å². The molecule has 2 aliphatic rings. The molecule has 5 nitrogen and oxygen atoms in total. The number of ether oxygens (including phenoxy) is 1. The second-order valence-electron chi connectivity index (χ2n) is 6.71. The molecule has 0 atom stereocenters. The molecule has 5 heteroatoms. The number of hydrogen-bond acceptors (Lipinski definition) is 3. The van der Waals surface area contributed by atoms with E-state index in [-0.39, 0.29) is 18.4 Å². The highest BCUT2D eigenvalue weighted by molar-refractivity contribution is 5.98. The fraction of sp³-hybridized carbons (Fsp3) is 0.875. The minimum atomic E-state index is -0.620. The zero-order valence-corrected chi connectivity index (χ0v) is 13.3. The molecule has 0 aromatic rings. The van der Waals surface area contributed by atoms with Crippen LogP contribution in [-0.4, -0.2) is 48.6 Å². The average Bonchev–Trinajstić information content (AvgIpc) is 2.44. The van der Waals surface area contributed by atoms with Crippen LogP contribution in [0.2, 0.25) is 0 Å². The predicted molar refractivity (Wildman–Crippen MR) is 80.8 cm³/mol. The number of carbonyl (C=O) groups is 2. The first-order chi connectivity index (χ1) is 10.0. The minimum Gasteiger partial charge on any atom is -0.380 e. The molecule has 21 heavy (non-hydrogen) atoms. The Kier molecular flexibility index (Phi) is 5.62. The number of rotatable bonds is 6. The highest BCUT2D eigenvalue weighted by Gasteiger charge is 2.46. The zero-order chi connectivity index (χ0) is 15.3. The van der Waals surface area contributed by atoms with E-state index >= 15 is 0 Å². The molecule has 1 N–H and O–H groups in total. The van der Waals surface area contributed by atoms with E-state index in [9.17, 15) is 9.59 Å². The van der Waals surface area contributed by atoms with Crippen LogP contribution in [-0.2, 0) is 14.3 Å². The van der Waals surface area contributed by atoms with E-state index in [1.807, 2.05) is 0 Å². The molecule has 1 saturated heterocycles. The molecule has 1 heterocycles. The molecule has 2 amide bonds. The van der Waals surface area contributed by atoms with Gasteiger partial charge < -0.3 is 15.0 Å². The van der Waals surface area contributed by atoms with Crippen molar-refractivity contribution >= 4 is 11.8 Å². The Morgan fingerprint density at radius 1 is 1.19 bits per heavy atom. The summed E-state index contributed by atoms with van der Waals surface area (Å²) in [6.45, 7) is 6.25. The molecule has 0 unspecified atom stereocenters. The third-order valence-electron chi connectivity index (χ3n) is 4.46. The van der Waals surface area contributed by atoms with Crippen molar-refractivity contribution in [3.63, 3.8) is 0 Å². The van der Waals surface area contributed by atoms with Crippen molar-refractivity contribution in [1.82, 2.24) is 10.2 Å². The highest BCUT2D eigenvalue weighted by atomic mass is 16.5. The lowest BCUT2D eigenvalue weighted by molar-refractivity contribution is -0.152. The van der Waals surface area contributed by atoms with E-state index in [2.05, 4.69) is 19.2 Å². The Morgan fingerprint density at radius 3 is 2.57 bits per heavy atom. The molecule has 1 aliphatic heterocycles. The molecule has 0 bridgehead atoms. The van der Waals surface area contributed by atoms with Gasteiger partial charge in [0.1, 0.15) is 5.54 Å². The molecule has 0 aromatic carbocycles. The standard InChI is InChI=1S/C16H28N2O3/c1-13(2)6-10-21-11-9-18-12-14(19)17-16(15(18)20)7-4-3-5-8-16/h13H,3-12H2,1-2H3,(H,17,19). The van der Waals surface area contributed by atoms with Gasteiger partial charge in [-0.25, -0.2) is 0 Å². The maximum Gasteiger partial charge on any atom is 0.248 e. The van der Waals surface area contributed by atoms with Gasteiger partial charge in [0, 0.05) is 13.2 Å². The van der Waals surface area contributed by atoms with Gasteiger partial charge in [0.2, 0.25) is 11.8 Å². The van der Waals surface area contributed by atoms with Crippen molar-refractivity contribution in [2.45, 2.75) is 57.9 Å². The summed E-state index contributed by atoms with van der Waals surface area (Å²) >= 11 is 0. The van der Waals surface area contributed by atoms with Crippen LogP contribution in [0.15, 0.2) is 0 Å². The first kappa shape index (κ1) is 16.3. The van der Waals surface area contributed by atoms with Crippen molar-refractivity contribution in [3.05, 3.63) is 0 Å². The van der Waals surface area contributed by atoms with Crippen LogP contribution >= 0.6 is 0 Å². The Hall–Kier alpha value is -1.10. The summed E-state index contributed by atoms with van der Waals surface area (Å²) in [5.74, 6) is 0.686. The maximum atomic E-state index is 12.7. The minimum absolute atomic E-state index is 0.0290. The van der Waals surface area contributed by atoms with Crippen molar-refractivity contribution in [3.8, 4) is 0 Å². The van der Waals surface area contributed by atoms with Gasteiger partial charge in [-0.1, -0.05) is 33.1 Å². The van der Waals surface area contributed by atoms with Gasteiger partial charge in [0.05, 0.1) is 13.2 Å². The molecular formula is C16H28N2O3. The number of nitrogens with one attached hydrogen (secondary N) is 1. The number of piperazine rings is 1. The van der Waals surface area contributed by atoms with E-state index in [0.29, 0.717) is 19.1 Å². The lowest BCUT2D eigenvalue weighted by Gasteiger charge is -2.44. The normalized spacial score (nSPS) is 22.0. The number of amides is 2. The zero-order valence-electron chi connectivity index (χ0n) is 13.3. The van der Waals surface area contributed by atoms with Gasteiger partial charge >= 0.3 is 0 Å². The topological polar surface area (TPSA) is 58.6 Å². The van der Waals surface area contributed by atoms with Gasteiger partial charge in [-0.3, -0.25) is 9.59 Å². The summed E-state index contributed by atoms with van der Waals surface area (Å²) in [5.41, 5.74) is -0.620. The Labute approximate surface area is 127 Å². The second-order valence-corrected chi connectivity index (χ2v) is 6.71. The van der Waals surface area contributed by atoms with E-state index in [1.165, 1.54) is 0 Å². The lowest BCUT2D eigenvalue weighted by Crippen LogP contribution is -2.67. The second kappa shape index (κ2) is 7.25. The summed E-state index contributed by atoms with van der Waals surface area (Å²) in [7, 11) is 0. The summed E-state index contributed by atoms with van der Waals surface area (Å²) in [4.78, 5) is 26.3. The first-order valence-corrected chi connectivity index (χ1v) is 8.22. The quantitative estimate of drug-likeness (QED) is 0.759. The first-order valence-electron chi connectivity index (χ1n) is 8.22. The molecule has 1 aliphatic carbocycles. The summed E-state index contributed by atoms with van der Waals surface area (Å²) < 4.78 is 5.58. The Balaban J connectivity index is 1.84. The molecule has 0 radical (unpaired) electrons. The van der Waals surface area contributed by atoms with Gasteiger partial charge in [-0.05, 0) is 25.2 Å². The molecular weight excluding hydrogens is 268 g/mol. The molecule has 120 valence electrons. The third-order valence-corrected chi connectivity index (χ3v) is 4.46. The third kappa shape index (κ3) is 4.19. The summed E-state index contributed by atoms with van der Waals surface area (Å²) in [6.07, 6.45) is 5.78. The SMILES string of the molecule is CC(C)CCOCCN1CC(=O)NC2(CCCCC2)C1=O. The van der Waals surface area contributed by atoms with Crippen LogP contribution in [0.1, 0.15) is 52.4 Å². The van der Waals surface area contributed by atoms with Gasteiger partial charge in [0.15, 0.2) is 0 Å². The molecule has 2 fully saturated rings. The van der Waals surface area contributed by atoms with E-state index in [4.69, 9.17) is 4.74 Å². The molecule has 0 aromatic heterocycles. The van der Waals surface area contributed by atoms with Crippen LogP contribution in [0.4, 0.5) is 0 Å². The van der Waals surface area contributed by atoms with E-state index < -0.39 is 5.54 Å². The lowest BCUT2D eigenvalue weighted by atomic mass is 9.79. The predicted octanol–water partition coefficient (Wildman–Crippen LogP) is 1.71. The maximum absolute atomic E-state index is 12.7. The number of carbonyl (C=O) groups excluding carboxylic acids is 2. The molecule has 2 rings (SSSR count). The Morgan fingerprint density at radius 2 is 1.90 bits per heavy atom. The van der Waals surface area contributed by atoms with Crippen LogP contribution in [0, 0.1) is 5.92 Å². The van der Waals surface area contributed by atoms with Crippen LogP contribution in [0.5, 0.6) is 0 Å². The van der Waals surface area contributed by atoms with Crippen LogP contribution in [0.25, 0.3) is 0 Å². The van der Waals surface area contributed by atoms with E-state index in [1.54, 1.807) is 4.90 Å². The number of nitrogens with zero attached hydrogens (tertiary/aromatic N) is 1. The van der Waals surface area contributed by atoms with Gasteiger partial charge in [-0.15, -0.1) is 0 Å². The average molecular weight is 296 g/mol. The monoisotopic (exact) mass is 296 g/mol.